The first-order valence-corrected chi connectivity index (χ1v) is 8.91. The van der Waals surface area contributed by atoms with Gasteiger partial charge in [0.15, 0.2) is 11.6 Å². The lowest BCUT2D eigenvalue weighted by molar-refractivity contribution is -0.119. The monoisotopic (exact) mass is 385 g/mol. The molecular formula is C20H17F2N3O3. The van der Waals surface area contributed by atoms with Gasteiger partial charge in [0.2, 0.25) is 0 Å². The second-order valence-corrected chi connectivity index (χ2v) is 6.73. The Labute approximate surface area is 159 Å². The number of hydrogen-bond donors (Lipinski definition) is 0. The molecule has 1 unspecified atom stereocenters. The maximum Gasteiger partial charge on any atom is 0.332 e. The molecule has 0 aromatic heterocycles. The molecule has 2 heterocycles. The van der Waals surface area contributed by atoms with Crippen LogP contribution in [-0.2, 0) is 4.79 Å². The largest absolute Gasteiger partial charge is 0.336 e. The minimum atomic E-state index is -1.11. The van der Waals surface area contributed by atoms with Crippen LogP contribution in [0.3, 0.4) is 0 Å². The summed E-state index contributed by atoms with van der Waals surface area (Å²) in [5.41, 5.74) is 0.480. The molecule has 28 heavy (non-hydrogen) atoms. The normalized spacial score (nSPS) is 19.6. The fourth-order valence-corrected chi connectivity index (χ4v) is 3.61. The van der Waals surface area contributed by atoms with E-state index in [1.54, 1.807) is 30.3 Å². The Morgan fingerprint density at radius 2 is 1.71 bits per heavy atom. The number of nitrogens with zero attached hydrogens (tertiary/aromatic N) is 3. The molecule has 144 valence electrons. The van der Waals surface area contributed by atoms with Crippen LogP contribution < -0.4 is 4.90 Å². The standard InChI is InChI=1S/C20H17F2N3O3/c21-15-8-7-13(11-16(15)22)18(26)23-9-4-10-24-17(12-23)19(27)25(20(24)28)14-5-2-1-3-6-14/h1-3,5-8,11,17H,4,9-10,12H2. The molecule has 2 aromatic rings. The minimum absolute atomic E-state index is 0.00374. The van der Waals surface area contributed by atoms with Crippen molar-refractivity contribution in [3.63, 3.8) is 0 Å². The zero-order chi connectivity index (χ0) is 19.8. The molecular weight excluding hydrogens is 368 g/mol. The fraction of sp³-hybridized carbons (Fsp3) is 0.250. The summed E-state index contributed by atoms with van der Waals surface area (Å²) >= 11 is 0. The molecule has 0 bridgehead atoms. The number of carbonyl (C=O) groups excluding carboxylic acids is 3. The number of rotatable bonds is 2. The molecule has 0 spiro atoms. The van der Waals surface area contributed by atoms with Crippen molar-refractivity contribution in [1.82, 2.24) is 9.80 Å². The van der Waals surface area contributed by atoms with Gasteiger partial charge in [0.25, 0.3) is 11.8 Å². The van der Waals surface area contributed by atoms with E-state index in [2.05, 4.69) is 0 Å². The first-order valence-electron chi connectivity index (χ1n) is 8.91. The molecule has 4 rings (SSSR count). The summed E-state index contributed by atoms with van der Waals surface area (Å²) in [5, 5.41) is 0. The minimum Gasteiger partial charge on any atom is -0.336 e. The van der Waals surface area contributed by atoms with Crippen molar-refractivity contribution in [2.24, 2.45) is 0 Å². The van der Waals surface area contributed by atoms with Gasteiger partial charge in [-0.05, 0) is 36.8 Å². The molecule has 6 nitrogen and oxygen atoms in total. The number of halogens is 2. The number of anilines is 1. The lowest BCUT2D eigenvalue weighted by Gasteiger charge is -2.23. The number of fused-ring (bicyclic) bond motifs is 1. The van der Waals surface area contributed by atoms with E-state index in [0.717, 1.165) is 17.0 Å². The lowest BCUT2D eigenvalue weighted by atomic mass is 10.1. The van der Waals surface area contributed by atoms with Crippen LogP contribution in [0.25, 0.3) is 0 Å². The van der Waals surface area contributed by atoms with Gasteiger partial charge >= 0.3 is 6.03 Å². The number of para-hydroxylation sites is 1. The highest BCUT2D eigenvalue weighted by atomic mass is 19.2. The molecule has 2 aromatic carbocycles. The van der Waals surface area contributed by atoms with Gasteiger partial charge < -0.3 is 9.80 Å². The van der Waals surface area contributed by atoms with Gasteiger partial charge in [-0.2, -0.15) is 0 Å². The van der Waals surface area contributed by atoms with Crippen LogP contribution in [0.4, 0.5) is 19.3 Å². The molecule has 2 aliphatic heterocycles. The van der Waals surface area contributed by atoms with E-state index in [9.17, 15) is 23.2 Å². The molecule has 0 aliphatic carbocycles. The lowest BCUT2D eigenvalue weighted by Crippen LogP contribution is -2.43. The maximum atomic E-state index is 13.5. The van der Waals surface area contributed by atoms with Crippen LogP contribution >= 0.6 is 0 Å². The van der Waals surface area contributed by atoms with Crippen molar-refractivity contribution in [2.45, 2.75) is 12.5 Å². The van der Waals surface area contributed by atoms with Gasteiger partial charge in [-0.3, -0.25) is 9.59 Å². The molecule has 0 N–H and O–H groups in total. The second-order valence-electron chi connectivity index (χ2n) is 6.73. The molecule has 0 radical (unpaired) electrons. The second kappa shape index (κ2) is 7.03. The number of carbonyl (C=O) groups is 3. The van der Waals surface area contributed by atoms with Gasteiger partial charge in [0, 0.05) is 18.7 Å². The summed E-state index contributed by atoms with van der Waals surface area (Å²) in [5.74, 6) is -3.04. The van der Waals surface area contributed by atoms with Crippen molar-refractivity contribution < 1.29 is 23.2 Å². The highest BCUT2D eigenvalue weighted by molar-refractivity contribution is 6.21. The van der Waals surface area contributed by atoms with Crippen LogP contribution in [0, 0.1) is 11.6 Å². The SMILES string of the molecule is O=C(c1ccc(F)c(F)c1)N1CCCN2C(=O)N(c3ccccc3)C(=O)C2C1. The summed E-state index contributed by atoms with van der Waals surface area (Å²) in [7, 11) is 0. The molecule has 1 atom stereocenters. The van der Waals surface area contributed by atoms with Crippen LogP contribution in [0.2, 0.25) is 0 Å². The van der Waals surface area contributed by atoms with Crippen LogP contribution in [0.1, 0.15) is 16.8 Å². The maximum absolute atomic E-state index is 13.5. The summed E-state index contributed by atoms with van der Waals surface area (Å²) < 4.78 is 26.6. The highest BCUT2D eigenvalue weighted by Crippen LogP contribution is 2.27. The van der Waals surface area contributed by atoms with Gasteiger partial charge in [-0.1, -0.05) is 18.2 Å². The third-order valence-electron chi connectivity index (χ3n) is 5.01. The summed E-state index contributed by atoms with van der Waals surface area (Å²) in [4.78, 5) is 42.4. The van der Waals surface area contributed by atoms with E-state index < -0.39 is 35.5 Å². The van der Waals surface area contributed by atoms with Gasteiger partial charge in [0.1, 0.15) is 6.04 Å². The molecule has 2 aliphatic rings. The molecule has 2 saturated heterocycles. The molecule has 2 fully saturated rings. The molecule has 8 heteroatoms. The first-order chi connectivity index (χ1) is 13.5. The Kier molecular flexibility index (Phi) is 4.54. The predicted molar refractivity (Wildman–Crippen MR) is 96.7 cm³/mol. The van der Waals surface area contributed by atoms with Crippen molar-refractivity contribution in [1.29, 1.82) is 0 Å². The van der Waals surface area contributed by atoms with E-state index in [0.29, 0.717) is 25.2 Å². The van der Waals surface area contributed by atoms with Crippen LogP contribution in [0.15, 0.2) is 48.5 Å². The zero-order valence-corrected chi connectivity index (χ0v) is 14.8. The Hall–Kier alpha value is -3.29. The summed E-state index contributed by atoms with van der Waals surface area (Å²) in [6.07, 6.45) is 0.480. The number of imide groups is 1. The summed E-state index contributed by atoms with van der Waals surface area (Å²) in [6.45, 7) is 0.655. The predicted octanol–water partition coefficient (Wildman–Crippen LogP) is 2.65. The first kappa shape index (κ1) is 18.1. The molecule has 0 saturated carbocycles. The van der Waals surface area contributed by atoms with Crippen molar-refractivity contribution in [2.75, 3.05) is 24.5 Å². The van der Waals surface area contributed by atoms with E-state index >= 15 is 0 Å². The Bertz CT molecular complexity index is 951. The van der Waals surface area contributed by atoms with Gasteiger partial charge in [-0.25, -0.2) is 18.5 Å². The van der Waals surface area contributed by atoms with Crippen LogP contribution in [0.5, 0.6) is 0 Å². The third kappa shape index (κ3) is 3.00. The van der Waals surface area contributed by atoms with Gasteiger partial charge in [-0.15, -0.1) is 0 Å². The van der Waals surface area contributed by atoms with Crippen molar-refractivity contribution in [3.05, 3.63) is 65.7 Å². The Morgan fingerprint density at radius 1 is 0.964 bits per heavy atom. The van der Waals surface area contributed by atoms with E-state index in [1.165, 1.54) is 15.9 Å². The third-order valence-corrected chi connectivity index (χ3v) is 5.01. The number of hydrogen-bond acceptors (Lipinski definition) is 3. The average Bonchev–Trinajstić information content (AvgIpc) is 2.85. The summed E-state index contributed by atoms with van der Waals surface area (Å²) in [6, 6.07) is 10.3. The van der Waals surface area contributed by atoms with Crippen molar-refractivity contribution >= 4 is 23.5 Å². The van der Waals surface area contributed by atoms with E-state index in [1.807, 2.05) is 0 Å². The van der Waals surface area contributed by atoms with Crippen molar-refractivity contribution in [3.8, 4) is 0 Å². The quantitative estimate of drug-likeness (QED) is 0.747. The van der Waals surface area contributed by atoms with E-state index in [4.69, 9.17) is 0 Å². The van der Waals surface area contributed by atoms with E-state index in [-0.39, 0.29) is 12.1 Å². The van der Waals surface area contributed by atoms with Gasteiger partial charge in [0.05, 0.1) is 12.2 Å². The highest BCUT2D eigenvalue weighted by Gasteiger charge is 2.47. The molecule has 4 amide bonds. The Balaban J connectivity index is 1.59. The number of benzene rings is 2. The number of urea groups is 1. The number of amides is 4. The Morgan fingerprint density at radius 3 is 2.43 bits per heavy atom. The average molecular weight is 385 g/mol. The fourth-order valence-electron chi connectivity index (χ4n) is 3.61. The smallest absolute Gasteiger partial charge is 0.332 e. The van der Waals surface area contributed by atoms with Crippen LogP contribution in [-0.4, -0.2) is 53.3 Å². The zero-order valence-electron chi connectivity index (χ0n) is 14.8. The topological polar surface area (TPSA) is 60.9 Å².